The third-order valence-electron chi connectivity index (χ3n) is 2.07. The molecule has 16 heavy (non-hydrogen) atoms. The van der Waals surface area contributed by atoms with Gasteiger partial charge in [-0.2, -0.15) is 5.26 Å². The number of benzene rings is 1. The molecule has 0 bridgehead atoms. The summed E-state index contributed by atoms with van der Waals surface area (Å²) in [6.07, 6.45) is 1.34. The van der Waals surface area contributed by atoms with Crippen molar-refractivity contribution in [2.75, 3.05) is 11.9 Å². The van der Waals surface area contributed by atoms with Crippen LogP contribution in [0.4, 0.5) is 5.69 Å². The van der Waals surface area contributed by atoms with Crippen molar-refractivity contribution in [2.24, 2.45) is 0 Å². The molecule has 0 spiro atoms. The lowest BCUT2D eigenvalue weighted by Gasteiger charge is -2.05. The Morgan fingerprint density at radius 2 is 2.31 bits per heavy atom. The Morgan fingerprint density at radius 3 is 3.00 bits per heavy atom. The zero-order chi connectivity index (χ0) is 11.8. The van der Waals surface area contributed by atoms with Crippen LogP contribution < -0.4 is 5.32 Å². The second-order valence-electron chi connectivity index (χ2n) is 3.41. The largest absolute Gasteiger partial charge is 0.396 e. The van der Waals surface area contributed by atoms with Gasteiger partial charge in [0.25, 0.3) is 0 Å². The van der Waals surface area contributed by atoms with Crippen molar-refractivity contribution in [1.82, 2.24) is 0 Å². The topological polar surface area (TPSA) is 73.1 Å². The number of amides is 1. The van der Waals surface area contributed by atoms with Crippen molar-refractivity contribution in [2.45, 2.75) is 19.3 Å². The van der Waals surface area contributed by atoms with Gasteiger partial charge in [0, 0.05) is 12.3 Å². The van der Waals surface area contributed by atoms with Gasteiger partial charge in [-0.05, 0) is 30.5 Å². The maximum Gasteiger partial charge on any atom is 0.238 e. The van der Waals surface area contributed by atoms with Crippen LogP contribution in [0.5, 0.6) is 0 Å². The highest BCUT2D eigenvalue weighted by atomic mass is 16.2. The van der Waals surface area contributed by atoms with E-state index in [9.17, 15) is 4.79 Å². The van der Waals surface area contributed by atoms with Gasteiger partial charge in [-0.25, -0.2) is 0 Å². The van der Waals surface area contributed by atoms with Crippen LogP contribution in [0.3, 0.4) is 0 Å². The van der Waals surface area contributed by atoms with Crippen molar-refractivity contribution in [3.8, 4) is 6.07 Å². The van der Waals surface area contributed by atoms with Gasteiger partial charge in [0.2, 0.25) is 5.91 Å². The molecule has 0 saturated carbocycles. The fraction of sp³-hybridized carbons (Fsp3) is 0.333. The summed E-state index contributed by atoms with van der Waals surface area (Å²) in [5.74, 6) is -0.304. The monoisotopic (exact) mass is 218 g/mol. The molecular formula is C12H14N2O2. The van der Waals surface area contributed by atoms with E-state index in [0.717, 1.165) is 12.0 Å². The summed E-state index contributed by atoms with van der Waals surface area (Å²) in [6, 6.07) is 9.20. The third-order valence-corrected chi connectivity index (χ3v) is 2.07. The number of carbonyl (C=O) groups excluding carboxylic acids is 1. The van der Waals surface area contributed by atoms with Gasteiger partial charge < -0.3 is 10.4 Å². The molecule has 0 saturated heterocycles. The molecule has 2 N–H and O–H groups in total. The molecule has 1 aromatic rings. The van der Waals surface area contributed by atoms with E-state index in [1.54, 1.807) is 12.1 Å². The van der Waals surface area contributed by atoms with Crippen molar-refractivity contribution in [1.29, 1.82) is 5.26 Å². The summed E-state index contributed by atoms with van der Waals surface area (Å²) in [5, 5.41) is 19.7. The fourth-order valence-electron chi connectivity index (χ4n) is 1.36. The number of rotatable bonds is 5. The zero-order valence-electron chi connectivity index (χ0n) is 8.94. The van der Waals surface area contributed by atoms with Crippen molar-refractivity contribution in [3.05, 3.63) is 29.8 Å². The van der Waals surface area contributed by atoms with Crippen molar-refractivity contribution >= 4 is 11.6 Å². The lowest BCUT2D eigenvalue weighted by atomic mass is 10.1. The van der Waals surface area contributed by atoms with E-state index in [1.165, 1.54) is 0 Å². The molecule has 0 aromatic heterocycles. The lowest BCUT2D eigenvalue weighted by molar-refractivity contribution is -0.115. The Kier molecular flexibility index (Phi) is 5.03. The van der Waals surface area contributed by atoms with Crippen molar-refractivity contribution in [3.63, 3.8) is 0 Å². The summed E-state index contributed by atoms with van der Waals surface area (Å²) >= 11 is 0. The van der Waals surface area contributed by atoms with Crippen molar-refractivity contribution < 1.29 is 9.90 Å². The number of carbonyl (C=O) groups is 1. The van der Waals surface area contributed by atoms with Crippen LogP contribution in [-0.2, 0) is 11.2 Å². The number of nitrogens with zero attached hydrogens (tertiary/aromatic N) is 1. The molecular weight excluding hydrogens is 204 g/mol. The van der Waals surface area contributed by atoms with Gasteiger partial charge in [0.15, 0.2) is 0 Å². The molecule has 4 heteroatoms. The maximum atomic E-state index is 11.2. The Bertz CT molecular complexity index is 396. The molecule has 0 fully saturated rings. The second kappa shape index (κ2) is 6.59. The number of aliphatic hydroxyl groups excluding tert-OH is 1. The molecule has 0 radical (unpaired) electrons. The number of aliphatic hydroxyl groups is 1. The number of anilines is 1. The van der Waals surface area contributed by atoms with E-state index in [4.69, 9.17) is 10.4 Å². The number of nitriles is 1. The van der Waals surface area contributed by atoms with E-state index < -0.39 is 0 Å². The Morgan fingerprint density at radius 1 is 1.50 bits per heavy atom. The first kappa shape index (κ1) is 12.2. The van der Waals surface area contributed by atoms with Crippen LogP contribution in [0.2, 0.25) is 0 Å². The summed E-state index contributed by atoms with van der Waals surface area (Å²) in [7, 11) is 0. The third kappa shape index (κ3) is 4.11. The SMILES string of the molecule is N#CCC(=O)Nc1cccc(CCCO)c1. The minimum absolute atomic E-state index is 0.138. The minimum atomic E-state index is -0.304. The van der Waals surface area contributed by atoms with E-state index in [-0.39, 0.29) is 18.9 Å². The number of hydrogen-bond donors (Lipinski definition) is 2. The second-order valence-corrected chi connectivity index (χ2v) is 3.41. The number of nitrogens with one attached hydrogen (secondary N) is 1. The number of hydrogen-bond acceptors (Lipinski definition) is 3. The molecule has 0 heterocycles. The molecule has 1 amide bonds. The standard InChI is InChI=1S/C12H14N2O2/c13-7-6-12(16)14-11-5-1-3-10(9-11)4-2-8-15/h1,3,5,9,15H,2,4,6,8H2,(H,14,16). The van der Waals surface area contributed by atoms with E-state index >= 15 is 0 Å². The molecule has 1 aromatic carbocycles. The molecule has 0 aliphatic carbocycles. The van der Waals surface area contributed by atoms with Crippen LogP contribution in [0.25, 0.3) is 0 Å². The summed E-state index contributed by atoms with van der Waals surface area (Å²) in [4.78, 5) is 11.2. The number of aryl methyl sites for hydroxylation is 1. The molecule has 0 unspecified atom stereocenters. The van der Waals surface area contributed by atoms with Gasteiger partial charge in [-0.3, -0.25) is 4.79 Å². The van der Waals surface area contributed by atoms with E-state index in [0.29, 0.717) is 12.1 Å². The van der Waals surface area contributed by atoms with Crippen LogP contribution in [0.1, 0.15) is 18.4 Å². The smallest absolute Gasteiger partial charge is 0.238 e. The van der Waals surface area contributed by atoms with Gasteiger partial charge >= 0.3 is 0 Å². The first-order valence-corrected chi connectivity index (χ1v) is 5.13. The Balaban J connectivity index is 2.60. The highest BCUT2D eigenvalue weighted by Crippen LogP contribution is 2.12. The van der Waals surface area contributed by atoms with Crippen LogP contribution in [0, 0.1) is 11.3 Å². The highest BCUT2D eigenvalue weighted by molar-refractivity contribution is 5.92. The summed E-state index contributed by atoms with van der Waals surface area (Å²) in [5.41, 5.74) is 1.75. The van der Waals surface area contributed by atoms with Crippen LogP contribution in [-0.4, -0.2) is 17.6 Å². The van der Waals surface area contributed by atoms with Gasteiger partial charge in [0.05, 0.1) is 6.07 Å². The van der Waals surface area contributed by atoms with Gasteiger partial charge in [-0.15, -0.1) is 0 Å². The van der Waals surface area contributed by atoms with E-state index in [1.807, 2.05) is 18.2 Å². The quantitative estimate of drug-likeness (QED) is 0.785. The predicted octanol–water partition coefficient (Wildman–Crippen LogP) is 1.46. The highest BCUT2D eigenvalue weighted by Gasteiger charge is 2.01. The average Bonchev–Trinajstić information content (AvgIpc) is 2.27. The molecule has 1 rings (SSSR count). The average molecular weight is 218 g/mol. The molecule has 0 atom stereocenters. The normalized spacial score (nSPS) is 9.50. The fourth-order valence-corrected chi connectivity index (χ4v) is 1.36. The minimum Gasteiger partial charge on any atom is -0.396 e. The predicted molar refractivity (Wildman–Crippen MR) is 60.7 cm³/mol. The molecule has 0 aliphatic rings. The van der Waals surface area contributed by atoms with Crippen LogP contribution in [0.15, 0.2) is 24.3 Å². The van der Waals surface area contributed by atoms with Crippen LogP contribution >= 0.6 is 0 Å². The zero-order valence-corrected chi connectivity index (χ0v) is 8.94. The maximum absolute atomic E-state index is 11.2. The first-order chi connectivity index (χ1) is 7.76. The molecule has 4 nitrogen and oxygen atoms in total. The van der Waals surface area contributed by atoms with E-state index in [2.05, 4.69) is 5.32 Å². The van der Waals surface area contributed by atoms with Gasteiger partial charge in [0.1, 0.15) is 6.42 Å². The molecule has 0 aliphatic heterocycles. The Labute approximate surface area is 94.5 Å². The Hall–Kier alpha value is -1.86. The lowest BCUT2D eigenvalue weighted by Crippen LogP contribution is -2.10. The first-order valence-electron chi connectivity index (χ1n) is 5.13. The summed E-state index contributed by atoms with van der Waals surface area (Å²) in [6.45, 7) is 0.158. The van der Waals surface area contributed by atoms with Gasteiger partial charge in [-0.1, -0.05) is 12.1 Å². The summed E-state index contributed by atoms with van der Waals surface area (Å²) < 4.78 is 0. The molecule has 84 valence electrons.